The first-order chi connectivity index (χ1) is 13.6. The predicted octanol–water partition coefficient (Wildman–Crippen LogP) is 3.21. The van der Waals surface area contributed by atoms with Crippen LogP contribution in [0.4, 0.5) is 0 Å². The van der Waals surface area contributed by atoms with E-state index in [9.17, 15) is 25.9 Å². The summed E-state index contributed by atoms with van der Waals surface area (Å²) in [6.45, 7) is 0. The molecule has 2 radical (unpaired) electrons. The van der Waals surface area contributed by atoms with E-state index in [1.807, 2.05) is 0 Å². The van der Waals surface area contributed by atoms with Crippen LogP contribution in [0.15, 0.2) is 84.9 Å². The van der Waals surface area contributed by atoms with Gasteiger partial charge in [-0.15, -0.1) is 0 Å². The van der Waals surface area contributed by atoms with E-state index in [4.69, 9.17) is 0 Å². The number of benzene rings is 4. The Hall–Kier alpha value is -0.780. The van der Waals surface area contributed by atoms with E-state index < -0.39 is 24.3 Å². The smallest absolute Gasteiger partial charge is 0.284 e. The molecule has 0 fully saturated rings. The first-order valence-electron chi connectivity index (χ1n) is 8.57. The minimum Gasteiger partial charge on any atom is -0.284 e. The molecule has 4 rings (SSSR count). The molecular formula is C21H16Na2O6S2. The minimum atomic E-state index is -5.37. The summed E-state index contributed by atoms with van der Waals surface area (Å²) >= 11 is 0. The molecule has 0 atom stereocenters. The Morgan fingerprint density at radius 2 is 0.839 bits per heavy atom. The van der Waals surface area contributed by atoms with Gasteiger partial charge in [0.2, 0.25) is 0 Å². The molecule has 0 amide bonds. The summed E-state index contributed by atoms with van der Waals surface area (Å²) in [4.78, 5) is 0. The Kier molecular flexibility index (Phi) is 8.20. The normalized spacial score (nSPS) is 12.2. The molecule has 0 heterocycles. The zero-order valence-corrected chi connectivity index (χ0v) is 22.6. The molecule has 31 heavy (non-hydrogen) atoms. The molecule has 0 aliphatic carbocycles. The van der Waals surface area contributed by atoms with Gasteiger partial charge in [-0.25, -0.2) is 0 Å². The predicted molar refractivity (Wildman–Crippen MR) is 123 cm³/mol. The van der Waals surface area contributed by atoms with Crippen molar-refractivity contribution in [2.45, 2.75) is 4.08 Å². The van der Waals surface area contributed by atoms with Gasteiger partial charge < -0.3 is 0 Å². The van der Waals surface area contributed by atoms with Gasteiger partial charge in [-0.05, 0) is 44.8 Å². The summed E-state index contributed by atoms with van der Waals surface area (Å²) in [5, 5.41) is 2.61. The van der Waals surface area contributed by atoms with Crippen LogP contribution >= 0.6 is 0 Å². The van der Waals surface area contributed by atoms with Crippen LogP contribution in [0.1, 0.15) is 11.1 Å². The Morgan fingerprint density at radius 1 is 0.516 bits per heavy atom. The third-order valence-corrected chi connectivity index (χ3v) is 8.65. The zero-order chi connectivity index (χ0) is 20.9. The second kappa shape index (κ2) is 9.61. The maximum absolute atomic E-state index is 12.6. The minimum absolute atomic E-state index is 0. The van der Waals surface area contributed by atoms with Crippen LogP contribution in [0.2, 0.25) is 0 Å². The number of hydrogen-bond acceptors (Lipinski definition) is 4. The van der Waals surface area contributed by atoms with Crippen molar-refractivity contribution in [2.75, 3.05) is 0 Å². The summed E-state index contributed by atoms with van der Waals surface area (Å²) in [5.41, 5.74) is -0.562. The fraction of sp³-hybridized carbons (Fsp3) is 0.0476. The van der Waals surface area contributed by atoms with Crippen molar-refractivity contribution in [3.05, 3.63) is 96.1 Å². The van der Waals surface area contributed by atoms with E-state index in [-0.39, 0.29) is 70.2 Å². The van der Waals surface area contributed by atoms with Crippen molar-refractivity contribution >= 4 is 101 Å². The topological polar surface area (TPSA) is 109 Å². The summed E-state index contributed by atoms with van der Waals surface area (Å²) < 4.78 is 67.6. The zero-order valence-electron chi connectivity index (χ0n) is 16.9. The molecule has 2 N–H and O–H groups in total. The van der Waals surface area contributed by atoms with Crippen molar-refractivity contribution in [2.24, 2.45) is 0 Å². The second-order valence-electron chi connectivity index (χ2n) is 6.69. The molecule has 0 aromatic heterocycles. The van der Waals surface area contributed by atoms with Crippen molar-refractivity contribution in [3.8, 4) is 0 Å². The van der Waals surface area contributed by atoms with Crippen LogP contribution in [0.5, 0.6) is 0 Å². The van der Waals surface area contributed by atoms with Gasteiger partial charge in [0.15, 0.2) is 0 Å². The summed E-state index contributed by atoms with van der Waals surface area (Å²) in [5.74, 6) is 0. The molecule has 10 heteroatoms. The van der Waals surface area contributed by atoms with Crippen LogP contribution in [0.25, 0.3) is 21.5 Å². The van der Waals surface area contributed by atoms with E-state index in [2.05, 4.69) is 0 Å². The molecule has 0 bridgehead atoms. The van der Waals surface area contributed by atoms with Gasteiger partial charge in [0.1, 0.15) is 0 Å². The third-order valence-electron chi connectivity index (χ3n) is 4.99. The molecule has 0 aliphatic rings. The quantitative estimate of drug-likeness (QED) is 0.347. The largest absolute Gasteiger partial charge is 0.296 e. The van der Waals surface area contributed by atoms with Gasteiger partial charge in [-0.3, -0.25) is 9.11 Å². The van der Waals surface area contributed by atoms with Gasteiger partial charge in [0.05, 0.1) is 0 Å². The number of fused-ring (bicyclic) bond motifs is 2. The molecule has 0 spiro atoms. The van der Waals surface area contributed by atoms with Gasteiger partial charge in [0, 0.05) is 59.1 Å². The van der Waals surface area contributed by atoms with Crippen LogP contribution in [-0.4, -0.2) is 85.1 Å². The van der Waals surface area contributed by atoms with E-state index in [1.54, 1.807) is 48.5 Å². The molecule has 4 aromatic carbocycles. The van der Waals surface area contributed by atoms with Crippen LogP contribution in [-0.2, 0) is 24.3 Å². The molecular weight excluding hydrogens is 458 g/mol. The average Bonchev–Trinajstić information content (AvgIpc) is 2.66. The maximum Gasteiger partial charge on any atom is 0.296 e. The van der Waals surface area contributed by atoms with Crippen molar-refractivity contribution < 1.29 is 25.9 Å². The van der Waals surface area contributed by atoms with Crippen molar-refractivity contribution in [1.82, 2.24) is 0 Å². The van der Waals surface area contributed by atoms with Crippen LogP contribution < -0.4 is 0 Å². The fourth-order valence-corrected chi connectivity index (χ4v) is 6.45. The van der Waals surface area contributed by atoms with Crippen LogP contribution in [0.3, 0.4) is 0 Å². The molecule has 4 aromatic rings. The molecule has 0 saturated carbocycles. The average molecular weight is 474 g/mol. The van der Waals surface area contributed by atoms with Gasteiger partial charge in [0.25, 0.3) is 24.3 Å². The summed E-state index contributed by atoms with van der Waals surface area (Å²) in [6, 6.07) is 22.2. The van der Waals surface area contributed by atoms with Crippen LogP contribution in [0, 0.1) is 0 Å². The standard InChI is InChI=1S/C21H16O6S2.2Na/c22-28(23,24)21(29(25,26)27,19-11-9-15-5-1-3-7-17(15)13-19)20-12-10-16-6-2-4-8-18(16)14-20;;/h1-14H,(H,22,23,24)(H,25,26,27);;. The third kappa shape index (κ3) is 4.52. The first-order valence-corrected chi connectivity index (χ1v) is 11.5. The van der Waals surface area contributed by atoms with E-state index in [0.717, 1.165) is 10.8 Å². The van der Waals surface area contributed by atoms with Gasteiger partial charge in [-0.2, -0.15) is 16.8 Å². The van der Waals surface area contributed by atoms with E-state index in [0.29, 0.717) is 10.8 Å². The summed E-state index contributed by atoms with van der Waals surface area (Å²) in [6.07, 6.45) is 0. The van der Waals surface area contributed by atoms with E-state index in [1.165, 1.54) is 36.4 Å². The summed E-state index contributed by atoms with van der Waals surface area (Å²) in [7, 11) is -10.7. The molecule has 0 saturated heterocycles. The van der Waals surface area contributed by atoms with Gasteiger partial charge in [-0.1, -0.05) is 72.8 Å². The Morgan fingerprint density at radius 3 is 1.16 bits per heavy atom. The van der Waals surface area contributed by atoms with E-state index >= 15 is 0 Å². The second-order valence-corrected chi connectivity index (χ2v) is 10.1. The Labute approximate surface area is 224 Å². The molecule has 0 unspecified atom stereocenters. The Bertz CT molecular complexity index is 1350. The molecule has 0 aliphatic heterocycles. The SMILES string of the molecule is O=S(=O)(O)C(c1ccc2ccccc2c1)(c1ccc2ccccc2c1)S(=O)(=O)O.[Na].[Na]. The van der Waals surface area contributed by atoms with Gasteiger partial charge >= 0.3 is 0 Å². The Balaban J connectivity index is 0.00000171. The van der Waals surface area contributed by atoms with Crippen molar-refractivity contribution in [1.29, 1.82) is 0 Å². The maximum atomic E-state index is 12.6. The molecule has 6 nitrogen and oxygen atoms in total. The van der Waals surface area contributed by atoms with Crippen molar-refractivity contribution in [3.63, 3.8) is 0 Å². The monoisotopic (exact) mass is 474 g/mol. The number of rotatable bonds is 4. The number of hydrogen-bond donors (Lipinski definition) is 2. The molecule has 150 valence electrons. The fourth-order valence-electron chi connectivity index (χ4n) is 3.68. The first kappa shape index (κ1) is 26.5.